The number of β-amino-alcohol motifs (C(OH)–C–C–N with tert-alkyl or cyclic N) is 1. The highest BCUT2D eigenvalue weighted by molar-refractivity contribution is 5.77. The van der Waals surface area contributed by atoms with Crippen LogP contribution in [0.4, 0.5) is 11.6 Å². The second-order valence-electron chi connectivity index (χ2n) is 8.95. The molecular formula is C25H27N5O3. The van der Waals surface area contributed by atoms with E-state index in [9.17, 15) is 14.7 Å². The molecule has 0 radical (unpaired) electrons. The van der Waals surface area contributed by atoms with Crippen LogP contribution in [0.5, 0.6) is 0 Å². The van der Waals surface area contributed by atoms with E-state index in [1.807, 2.05) is 68.1 Å². The summed E-state index contributed by atoms with van der Waals surface area (Å²) < 4.78 is 4.41. The van der Waals surface area contributed by atoms with Crippen LogP contribution in [0.3, 0.4) is 0 Å². The number of aliphatic hydroxyl groups excluding tert-OH is 1. The van der Waals surface area contributed by atoms with Crippen molar-refractivity contribution >= 4 is 22.8 Å². The number of benzene rings is 2. The number of hydrogen-bond acceptors (Lipinski definition) is 5. The third-order valence-corrected chi connectivity index (χ3v) is 6.47. The van der Waals surface area contributed by atoms with Gasteiger partial charge in [0.15, 0.2) is 11.2 Å². The molecule has 0 fully saturated rings. The summed E-state index contributed by atoms with van der Waals surface area (Å²) in [6, 6.07) is 13.8. The van der Waals surface area contributed by atoms with Crippen LogP contribution < -0.4 is 16.1 Å². The first kappa shape index (κ1) is 21.2. The predicted molar refractivity (Wildman–Crippen MR) is 128 cm³/mol. The SMILES string of the molecule is Cc1cccc(Cn2c(=O)c3c(nc4n3C[C@@H](O)CN4c3ccc(C)c(C)c3)n(C)c2=O)c1. The molecule has 8 heteroatoms. The van der Waals surface area contributed by atoms with Gasteiger partial charge in [-0.15, -0.1) is 0 Å². The molecule has 1 N–H and O–H groups in total. The fourth-order valence-corrected chi connectivity index (χ4v) is 4.55. The number of rotatable bonds is 3. The summed E-state index contributed by atoms with van der Waals surface area (Å²) in [4.78, 5) is 33.3. The standard InChI is InChI=1S/C25H27N5O3/c1-15-6-5-7-18(10-15)12-30-23(32)21-22(27(4)25(30)33)26-24-28(13-20(31)14-29(21)24)19-9-8-16(2)17(3)11-19/h5-11,20,31H,12-14H2,1-4H3/t20-/m0/s1. The maximum absolute atomic E-state index is 13.6. The van der Waals surface area contributed by atoms with E-state index >= 15 is 0 Å². The molecule has 8 nitrogen and oxygen atoms in total. The molecule has 0 bridgehead atoms. The first-order valence-electron chi connectivity index (χ1n) is 11.0. The molecule has 1 aliphatic heterocycles. The van der Waals surface area contributed by atoms with E-state index < -0.39 is 17.4 Å². The second kappa shape index (κ2) is 7.74. The number of aromatic nitrogens is 4. The van der Waals surface area contributed by atoms with E-state index in [0.717, 1.165) is 22.4 Å². The number of imidazole rings is 1. The molecule has 0 saturated carbocycles. The first-order valence-corrected chi connectivity index (χ1v) is 11.0. The molecule has 2 aromatic carbocycles. The van der Waals surface area contributed by atoms with Gasteiger partial charge < -0.3 is 14.6 Å². The molecule has 3 heterocycles. The number of fused-ring (bicyclic) bond motifs is 3. The van der Waals surface area contributed by atoms with Gasteiger partial charge in [0.2, 0.25) is 5.95 Å². The summed E-state index contributed by atoms with van der Waals surface area (Å²) in [6.45, 7) is 6.83. The lowest BCUT2D eigenvalue weighted by molar-refractivity contribution is 0.154. The van der Waals surface area contributed by atoms with Gasteiger partial charge in [0.05, 0.1) is 25.7 Å². The Bertz CT molecular complexity index is 1510. The van der Waals surface area contributed by atoms with E-state index in [0.29, 0.717) is 23.7 Å². The number of nitrogens with zero attached hydrogens (tertiary/aromatic N) is 5. The summed E-state index contributed by atoms with van der Waals surface area (Å²) in [7, 11) is 1.63. The molecule has 1 aliphatic rings. The summed E-state index contributed by atoms with van der Waals surface area (Å²) in [5, 5.41) is 10.7. The topological polar surface area (TPSA) is 85.3 Å². The quantitative estimate of drug-likeness (QED) is 0.523. The summed E-state index contributed by atoms with van der Waals surface area (Å²) >= 11 is 0. The van der Waals surface area contributed by atoms with Gasteiger partial charge >= 0.3 is 5.69 Å². The minimum atomic E-state index is -0.682. The Morgan fingerprint density at radius 3 is 2.55 bits per heavy atom. The van der Waals surface area contributed by atoms with Crippen LogP contribution in [0.1, 0.15) is 22.3 Å². The molecule has 1 atom stereocenters. The third-order valence-electron chi connectivity index (χ3n) is 6.47. The van der Waals surface area contributed by atoms with E-state index in [1.165, 1.54) is 14.7 Å². The van der Waals surface area contributed by atoms with Crippen molar-refractivity contribution in [3.05, 3.63) is 85.6 Å². The predicted octanol–water partition coefficient (Wildman–Crippen LogP) is 2.38. The van der Waals surface area contributed by atoms with Crippen molar-refractivity contribution in [1.82, 2.24) is 18.7 Å². The van der Waals surface area contributed by atoms with Crippen molar-refractivity contribution < 1.29 is 5.11 Å². The maximum Gasteiger partial charge on any atom is 0.332 e. The molecule has 0 aliphatic carbocycles. The largest absolute Gasteiger partial charge is 0.389 e. The zero-order valence-corrected chi connectivity index (χ0v) is 19.2. The molecule has 170 valence electrons. The van der Waals surface area contributed by atoms with Gasteiger partial charge in [0.1, 0.15) is 0 Å². The Morgan fingerprint density at radius 1 is 1.03 bits per heavy atom. The monoisotopic (exact) mass is 445 g/mol. The van der Waals surface area contributed by atoms with Gasteiger partial charge in [-0.25, -0.2) is 4.79 Å². The van der Waals surface area contributed by atoms with Crippen molar-refractivity contribution in [3.8, 4) is 0 Å². The van der Waals surface area contributed by atoms with Crippen LogP contribution in [0.2, 0.25) is 0 Å². The van der Waals surface area contributed by atoms with Crippen LogP contribution >= 0.6 is 0 Å². The van der Waals surface area contributed by atoms with Crippen LogP contribution in [-0.4, -0.2) is 36.4 Å². The van der Waals surface area contributed by atoms with Gasteiger partial charge in [-0.1, -0.05) is 35.9 Å². The molecule has 2 aromatic heterocycles. The Hall–Kier alpha value is -3.65. The Morgan fingerprint density at radius 2 is 1.82 bits per heavy atom. The van der Waals surface area contributed by atoms with Crippen LogP contribution in [-0.2, 0) is 20.1 Å². The Kier molecular flexibility index (Phi) is 4.97. The Labute approximate surface area is 191 Å². The number of anilines is 2. The highest BCUT2D eigenvalue weighted by atomic mass is 16.3. The van der Waals surface area contributed by atoms with E-state index in [2.05, 4.69) is 0 Å². The van der Waals surface area contributed by atoms with Crippen LogP contribution in [0.25, 0.3) is 11.2 Å². The van der Waals surface area contributed by atoms with Crippen molar-refractivity contribution in [3.63, 3.8) is 0 Å². The minimum Gasteiger partial charge on any atom is -0.389 e. The third kappa shape index (κ3) is 3.47. The van der Waals surface area contributed by atoms with Crippen LogP contribution in [0, 0.1) is 20.8 Å². The summed E-state index contributed by atoms with van der Waals surface area (Å²) in [5.74, 6) is 0.555. The van der Waals surface area contributed by atoms with Crippen LogP contribution in [0.15, 0.2) is 52.1 Å². The molecule has 0 saturated heterocycles. The number of hydrogen-bond donors (Lipinski definition) is 1. The average molecular weight is 446 g/mol. The van der Waals surface area contributed by atoms with Gasteiger partial charge in [-0.2, -0.15) is 4.98 Å². The summed E-state index contributed by atoms with van der Waals surface area (Å²) in [5.41, 5.74) is 4.96. The van der Waals surface area contributed by atoms with Gasteiger partial charge in [-0.3, -0.25) is 13.9 Å². The minimum absolute atomic E-state index is 0.174. The van der Waals surface area contributed by atoms with Crippen molar-refractivity contribution in [1.29, 1.82) is 0 Å². The van der Waals surface area contributed by atoms with Crippen molar-refractivity contribution in [2.24, 2.45) is 7.05 Å². The van der Waals surface area contributed by atoms with Crippen molar-refractivity contribution in [2.75, 3.05) is 11.4 Å². The fraction of sp³-hybridized carbons (Fsp3) is 0.320. The maximum atomic E-state index is 13.6. The van der Waals surface area contributed by atoms with Gasteiger partial charge in [-0.05, 0) is 49.6 Å². The van der Waals surface area contributed by atoms with E-state index in [4.69, 9.17) is 4.98 Å². The lowest BCUT2D eigenvalue weighted by Gasteiger charge is -2.32. The highest BCUT2D eigenvalue weighted by Crippen LogP contribution is 2.32. The molecular weight excluding hydrogens is 418 g/mol. The van der Waals surface area contributed by atoms with E-state index in [1.54, 1.807) is 11.6 Å². The summed E-state index contributed by atoms with van der Waals surface area (Å²) in [6.07, 6.45) is -0.682. The lowest BCUT2D eigenvalue weighted by atomic mass is 10.1. The smallest absolute Gasteiger partial charge is 0.332 e. The normalized spacial score (nSPS) is 15.8. The second-order valence-corrected chi connectivity index (χ2v) is 8.95. The zero-order chi connectivity index (χ0) is 23.4. The van der Waals surface area contributed by atoms with Crippen molar-refractivity contribution in [2.45, 2.75) is 40.0 Å². The zero-order valence-electron chi connectivity index (χ0n) is 19.2. The first-order chi connectivity index (χ1) is 15.7. The molecule has 0 amide bonds. The highest BCUT2D eigenvalue weighted by Gasteiger charge is 2.30. The molecule has 4 aromatic rings. The molecule has 0 unspecified atom stereocenters. The van der Waals surface area contributed by atoms with Gasteiger partial charge in [0.25, 0.3) is 5.56 Å². The average Bonchev–Trinajstić information content (AvgIpc) is 3.16. The molecule has 33 heavy (non-hydrogen) atoms. The molecule has 0 spiro atoms. The lowest BCUT2D eigenvalue weighted by Crippen LogP contribution is -2.42. The number of aryl methyl sites for hydroxylation is 4. The fourth-order valence-electron chi connectivity index (χ4n) is 4.55. The van der Waals surface area contributed by atoms with E-state index in [-0.39, 0.29) is 13.1 Å². The molecule has 5 rings (SSSR count). The number of aliphatic hydroxyl groups is 1. The van der Waals surface area contributed by atoms with Gasteiger partial charge in [0, 0.05) is 12.7 Å². The Balaban J connectivity index is 1.72.